The Balaban J connectivity index is 3.05. The van der Waals surface area contributed by atoms with Gasteiger partial charge in [0.1, 0.15) is 0 Å². The van der Waals surface area contributed by atoms with Crippen LogP contribution < -0.4 is 0 Å². The summed E-state index contributed by atoms with van der Waals surface area (Å²) >= 11 is 0. The molecule has 0 aliphatic carbocycles. The first kappa shape index (κ1) is 3.76. The van der Waals surface area contributed by atoms with Gasteiger partial charge in [-0.1, -0.05) is 14.3 Å². The minimum absolute atomic E-state index is 0.245. The fourth-order valence-corrected chi connectivity index (χ4v) is 0.863. The Hall–Kier alpha value is -0.420. The molecular weight excluding hydrogens is 95.0 g/mol. The summed E-state index contributed by atoms with van der Waals surface area (Å²) in [6.07, 6.45) is 0. The van der Waals surface area contributed by atoms with E-state index in [1.165, 1.54) is 0 Å². The molecule has 0 aliphatic rings. The maximum absolute atomic E-state index is 10.1. The molecule has 0 aromatic carbocycles. The number of hydrogen-bond acceptors (Lipinski definition) is 0. The maximum atomic E-state index is 10.1. The lowest BCUT2D eigenvalue weighted by Gasteiger charge is -1.61. The summed E-state index contributed by atoms with van der Waals surface area (Å²) in [6, 6.07) is 3.39. The minimum Gasteiger partial charge on any atom is -0.286 e. The quantitative estimate of drug-likeness (QED) is 0.473. The Labute approximate surface area is 37.7 Å². The van der Waals surface area contributed by atoms with Crippen LogP contribution in [0.1, 0.15) is 0 Å². The van der Waals surface area contributed by atoms with Crippen molar-refractivity contribution < 1.29 is 5.11 Å². The molecule has 1 rings (SSSR count). The van der Waals surface area contributed by atoms with Gasteiger partial charge in [-0.15, -0.1) is 0 Å². The Kier molecular flexibility index (Phi) is 0.849. The SMILES string of the molecule is [O]c1ccc[pH]1. The third-order valence-corrected chi connectivity index (χ3v) is 1.38. The molecule has 0 spiro atoms. The first-order chi connectivity index (χ1) is 2.89. The van der Waals surface area contributed by atoms with Crippen LogP contribution in [-0.4, -0.2) is 0 Å². The molecule has 1 aromatic rings. The Bertz CT molecular complexity index is 111. The van der Waals surface area contributed by atoms with Crippen molar-refractivity contribution in [3.8, 4) is 5.48 Å². The van der Waals surface area contributed by atoms with Crippen LogP contribution >= 0.6 is 8.19 Å². The topological polar surface area (TPSA) is 19.9 Å². The molecule has 1 unspecified atom stereocenters. The molecule has 0 N–H and O–H groups in total. The summed E-state index contributed by atoms with van der Waals surface area (Å²) in [4.78, 5) is 0. The van der Waals surface area contributed by atoms with Crippen molar-refractivity contribution in [2.24, 2.45) is 0 Å². The number of hydrogen-bond donors (Lipinski definition) is 0. The van der Waals surface area contributed by atoms with Gasteiger partial charge in [0.15, 0.2) is 5.48 Å². The van der Waals surface area contributed by atoms with Gasteiger partial charge in [0.2, 0.25) is 0 Å². The zero-order chi connectivity index (χ0) is 4.41. The zero-order valence-corrected chi connectivity index (χ0v) is 4.14. The average molecular weight is 99.0 g/mol. The van der Waals surface area contributed by atoms with E-state index in [-0.39, 0.29) is 5.48 Å². The molecule has 1 nitrogen and oxygen atoms in total. The van der Waals surface area contributed by atoms with Gasteiger partial charge >= 0.3 is 0 Å². The highest BCUT2D eigenvalue weighted by Gasteiger charge is 1.80. The van der Waals surface area contributed by atoms with E-state index < -0.39 is 0 Å². The second-order valence-corrected chi connectivity index (χ2v) is 2.15. The molecule has 0 saturated carbocycles. The highest BCUT2D eigenvalue weighted by atomic mass is 31.0. The van der Waals surface area contributed by atoms with E-state index in [9.17, 15) is 5.11 Å². The second-order valence-electron chi connectivity index (χ2n) is 1.03. The smallest absolute Gasteiger partial charge is 0.193 e. The highest BCUT2D eigenvalue weighted by Crippen LogP contribution is 2.21. The van der Waals surface area contributed by atoms with Gasteiger partial charge < -0.3 is 0 Å². The fourth-order valence-electron chi connectivity index (χ4n) is 0.314. The van der Waals surface area contributed by atoms with E-state index in [0.717, 1.165) is 0 Å². The van der Waals surface area contributed by atoms with E-state index in [1.54, 1.807) is 12.1 Å². The molecule has 1 atom stereocenters. The van der Waals surface area contributed by atoms with E-state index in [2.05, 4.69) is 0 Å². The summed E-state index contributed by atoms with van der Waals surface area (Å²) < 4.78 is 0. The molecule has 1 heterocycles. The van der Waals surface area contributed by atoms with Crippen LogP contribution in [0.3, 0.4) is 0 Å². The van der Waals surface area contributed by atoms with E-state index in [4.69, 9.17) is 0 Å². The van der Waals surface area contributed by atoms with Crippen molar-refractivity contribution in [2.45, 2.75) is 0 Å². The van der Waals surface area contributed by atoms with Crippen molar-refractivity contribution in [1.29, 1.82) is 0 Å². The molecule has 0 bridgehead atoms. The van der Waals surface area contributed by atoms with Gasteiger partial charge in [-0.25, -0.2) is 0 Å². The fraction of sp³-hybridized carbons (Fsp3) is 0. The van der Waals surface area contributed by atoms with Crippen LogP contribution in [0, 0.1) is 0 Å². The van der Waals surface area contributed by atoms with Gasteiger partial charge in [-0.3, -0.25) is 5.11 Å². The molecule has 6 heavy (non-hydrogen) atoms. The molecular formula is C4H4OP. The van der Waals surface area contributed by atoms with Crippen molar-refractivity contribution in [2.75, 3.05) is 0 Å². The first-order valence-electron chi connectivity index (χ1n) is 1.70. The Morgan fingerprint density at radius 2 is 2.50 bits per heavy atom. The molecule has 0 fully saturated rings. The predicted molar refractivity (Wildman–Crippen MR) is 26.1 cm³/mol. The molecule has 1 radical (unpaired) electrons. The van der Waals surface area contributed by atoms with E-state index in [1.807, 2.05) is 5.80 Å². The van der Waals surface area contributed by atoms with Crippen LogP contribution in [0.5, 0.6) is 5.48 Å². The van der Waals surface area contributed by atoms with Crippen LogP contribution in [-0.2, 0) is 5.11 Å². The molecule has 0 aliphatic heterocycles. The molecule has 31 valence electrons. The van der Waals surface area contributed by atoms with E-state index >= 15 is 0 Å². The summed E-state index contributed by atoms with van der Waals surface area (Å²) in [5.74, 6) is 1.88. The summed E-state index contributed by atoms with van der Waals surface area (Å²) in [5, 5.41) is 10.1. The third kappa shape index (κ3) is 0.550. The average Bonchev–Trinajstić information content (AvgIpc) is 1.86. The minimum atomic E-state index is 0.245. The van der Waals surface area contributed by atoms with Crippen molar-refractivity contribution >= 4 is 8.19 Å². The predicted octanol–water partition coefficient (Wildman–Crippen LogP) is 1.86. The molecule has 0 amide bonds. The largest absolute Gasteiger partial charge is 0.286 e. The lowest BCUT2D eigenvalue weighted by atomic mass is 10.7. The summed E-state index contributed by atoms with van der Waals surface area (Å²) in [7, 11) is 0.407. The second kappa shape index (κ2) is 1.36. The normalized spacial score (nSPS) is 10.0. The maximum Gasteiger partial charge on any atom is 0.193 e. The van der Waals surface area contributed by atoms with Crippen molar-refractivity contribution in [1.82, 2.24) is 0 Å². The lowest BCUT2D eigenvalue weighted by Crippen LogP contribution is -1.29. The zero-order valence-electron chi connectivity index (χ0n) is 3.14. The number of rotatable bonds is 0. The van der Waals surface area contributed by atoms with Gasteiger partial charge in [0.25, 0.3) is 0 Å². The monoisotopic (exact) mass is 99.0 g/mol. The van der Waals surface area contributed by atoms with Crippen LogP contribution in [0.25, 0.3) is 0 Å². The summed E-state index contributed by atoms with van der Waals surface area (Å²) in [5.41, 5.74) is 0.245. The van der Waals surface area contributed by atoms with Crippen LogP contribution in [0.4, 0.5) is 0 Å². The van der Waals surface area contributed by atoms with Gasteiger partial charge in [0, 0.05) is 0 Å². The third-order valence-electron chi connectivity index (χ3n) is 0.569. The molecule has 0 saturated heterocycles. The van der Waals surface area contributed by atoms with Gasteiger partial charge in [-0.2, -0.15) is 0 Å². The standard InChI is InChI=1S/C4H4OP/c5-4-2-1-3-6-4/h1-3,6H. The van der Waals surface area contributed by atoms with Crippen molar-refractivity contribution in [3.63, 3.8) is 0 Å². The van der Waals surface area contributed by atoms with Crippen molar-refractivity contribution in [3.05, 3.63) is 17.9 Å². The molecule has 2 heteroatoms. The van der Waals surface area contributed by atoms with Crippen LogP contribution in [0.15, 0.2) is 17.9 Å². The van der Waals surface area contributed by atoms with Gasteiger partial charge in [0.05, 0.1) is 0 Å². The highest BCUT2D eigenvalue weighted by molar-refractivity contribution is 7.31. The molecule has 1 aromatic heterocycles. The lowest BCUT2D eigenvalue weighted by molar-refractivity contribution is 0.368. The van der Waals surface area contributed by atoms with Gasteiger partial charge in [-0.05, 0) is 11.9 Å². The summed E-state index contributed by atoms with van der Waals surface area (Å²) in [6.45, 7) is 0. The Morgan fingerprint density at radius 1 is 1.67 bits per heavy atom. The van der Waals surface area contributed by atoms with Crippen LogP contribution in [0.2, 0.25) is 0 Å². The Morgan fingerprint density at radius 3 is 2.67 bits per heavy atom. The first-order valence-corrected chi connectivity index (χ1v) is 2.78. The van der Waals surface area contributed by atoms with E-state index in [0.29, 0.717) is 8.19 Å².